The number of carbonyl (C=O) groups is 1. The van der Waals surface area contributed by atoms with E-state index in [-0.39, 0.29) is 18.3 Å². The summed E-state index contributed by atoms with van der Waals surface area (Å²) in [7, 11) is 0. The Balaban J connectivity index is 0.00000256. The van der Waals surface area contributed by atoms with Crippen molar-refractivity contribution >= 4 is 45.8 Å². The second-order valence-corrected chi connectivity index (χ2v) is 5.38. The lowest BCUT2D eigenvalue weighted by Gasteiger charge is -2.24. The van der Waals surface area contributed by atoms with Crippen molar-refractivity contribution in [3.63, 3.8) is 0 Å². The fourth-order valence-electron chi connectivity index (χ4n) is 1.10. The van der Waals surface area contributed by atoms with Gasteiger partial charge in [0.25, 0.3) is 5.91 Å². The van der Waals surface area contributed by atoms with E-state index in [2.05, 4.69) is 21.2 Å². The molecule has 0 saturated carbocycles. The van der Waals surface area contributed by atoms with Crippen LogP contribution in [-0.2, 0) is 0 Å². The molecule has 1 amide bonds. The monoisotopic (exact) mass is 340 g/mol. The van der Waals surface area contributed by atoms with Gasteiger partial charge in [0.05, 0.1) is 10.6 Å². The summed E-state index contributed by atoms with van der Waals surface area (Å²) in [5.41, 5.74) is 5.54. The highest BCUT2D eigenvalue weighted by atomic mass is 79.9. The lowest BCUT2D eigenvalue weighted by Crippen LogP contribution is -2.48. The molecular weight excluding hydrogens is 327 g/mol. The topological polar surface area (TPSA) is 55.1 Å². The zero-order valence-electron chi connectivity index (χ0n) is 9.59. The van der Waals surface area contributed by atoms with Crippen LogP contribution in [0.5, 0.6) is 0 Å². The molecule has 0 aliphatic rings. The van der Waals surface area contributed by atoms with Crippen LogP contribution >= 0.6 is 39.9 Å². The largest absolute Gasteiger partial charge is 0.346 e. The fourth-order valence-corrected chi connectivity index (χ4v) is 1.68. The van der Waals surface area contributed by atoms with E-state index >= 15 is 0 Å². The molecule has 0 spiro atoms. The molecule has 17 heavy (non-hydrogen) atoms. The van der Waals surface area contributed by atoms with Gasteiger partial charge in [0, 0.05) is 16.6 Å². The Morgan fingerprint density at radius 2 is 2.12 bits per heavy atom. The number of amides is 1. The molecule has 0 bridgehead atoms. The summed E-state index contributed by atoms with van der Waals surface area (Å²) >= 11 is 9.30. The standard InChI is InChI=1S/C11H14BrClN2O.ClH/c1-11(2,6-14)15-10(16)7-4-3-5-8(12)9(7)13;/h3-5H,6,14H2,1-2H3,(H,15,16);1H. The molecule has 1 rings (SSSR count). The van der Waals surface area contributed by atoms with E-state index in [4.69, 9.17) is 17.3 Å². The van der Waals surface area contributed by atoms with Crippen molar-refractivity contribution in [2.45, 2.75) is 19.4 Å². The molecule has 0 radical (unpaired) electrons. The third kappa shape index (κ3) is 4.47. The number of nitrogens with one attached hydrogen (secondary N) is 1. The molecule has 3 nitrogen and oxygen atoms in total. The van der Waals surface area contributed by atoms with Crippen LogP contribution in [-0.4, -0.2) is 18.0 Å². The van der Waals surface area contributed by atoms with Gasteiger partial charge in [0.15, 0.2) is 0 Å². The van der Waals surface area contributed by atoms with Crippen LogP contribution in [0, 0.1) is 0 Å². The van der Waals surface area contributed by atoms with E-state index in [9.17, 15) is 4.79 Å². The van der Waals surface area contributed by atoms with E-state index in [1.54, 1.807) is 18.2 Å². The Morgan fingerprint density at radius 1 is 1.53 bits per heavy atom. The van der Waals surface area contributed by atoms with Crippen LogP contribution < -0.4 is 11.1 Å². The normalized spacial score (nSPS) is 10.6. The van der Waals surface area contributed by atoms with Crippen molar-refractivity contribution in [1.29, 1.82) is 0 Å². The first-order valence-corrected chi connectivity index (χ1v) is 6.01. The van der Waals surface area contributed by atoms with Crippen molar-refractivity contribution in [1.82, 2.24) is 5.32 Å². The molecule has 6 heteroatoms. The first-order valence-electron chi connectivity index (χ1n) is 4.84. The molecule has 0 saturated heterocycles. The SMILES string of the molecule is CC(C)(CN)NC(=O)c1cccc(Br)c1Cl.Cl. The molecule has 1 aromatic carbocycles. The number of rotatable bonds is 3. The van der Waals surface area contributed by atoms with Gasteiger partial charge in [-0.3, -0.25) is 4.79 Å². The van der Waals surface area contributed by atoms with Crippen LogP contribution in [0.3, 0.4) is 0 Å². The lowest BCUT2D eigenvalue weighted by atomic mass is 10.1. The number of carbonyl (C=O) groups excluding carboxylic acids is 1. The molecule has 0 unspecified atom stereocenters. The third-order valence-corrected chi connectivity index (χ3v) is 3.45. The first-order chi connectivity index (χ1) is 7.37. The van der Waals surface area contributed by atoms with Gasteiger partial charge in [-0.25, -0.2) is 0 Å². The minimum Gasteiger partial charge on any atom is -0.346 e. The van der Waals surface area contributed by atoms with Gasteiger partial charge < -0.3 is 11.1 Å². The minimum atomic E-state index is -0.442. The smallest absolute Gasteiger partial charge is 0.253 e. The molecule has 0 aliphatic carbocycles. The van der Waals surface area contributed by atoms with E-state index in [0.717, 1.165) is 0 Å². The second-order valence-electron chi connectivity index (χ2n) is 4.14. The van der Waals surface area contributed by atoms with E-state index in [1.807, 2.05) is 13.8 Å². The number of hydrogen-bond acceptors (Lipinski definition) is 2. The van der Waals surface area contributed by atoms with Crippen molar-refractivity contribution < 1.29 is 4.79 Å². The molecular formula is C11H15BrCl2N2O. The molecule has 0 aromatic heterocycles. The molecule has 3 N–H and O–H groups in total. The van der Waals surface area contributed by atoms with Crippen LogP contribution in [0.4, 0.5) is 0 Å². The van der Waals surface area contributed by atoms with E-state index in [0.29, 0.717) is 21.6 Å². The molecule has 0 fully saturated rings. The molecule has 1 aromatic rings. The Kier molecular flexibility index (Phi) is 6.48. The summed E-state index contributed by atoms with van der Waals surface area (Å²) in [5.74, 6) is -0.221. The average Bonchev–Trinajstić information content (AvgIpc) is 2.21. The Bertz CT molecular complexity index is 410. The van der Waals surface area contributed by atoms with Gasteiger partial charge in [0.1, 0.15) is 0 Å². The summed E-state index contributed by atoms with van der Waals surface area (Å²) in [6.45, 7) is 4.08. The summed E-state index contributed by atoms with van der Waals surface area (Å²) in [6.07, 6.45) is 0. The predicted molar refractivity (Wildman–Crippen MR) is 77.0 cm³/mol. The van der Waals surface area contributed by atoms with Crippen molar-refractivity contribution in [2.75, 3.05) is 6.54 Å². The minimum absolute atomic E-state index is 0. The van der Waals surface area contributed by atoms with Crippen LogP contribution in [0.1, 0.15) is 24.2 Å². The van der Waals surface area contributed by atoms with Gasteiger partial charge >= 0.3 is 0 Å². The zero-order chi connectivity index (χ0) is 12.3. The van der Waals surface area contributed by atoms with E-state index in [1.165, 1.54) is 0 Å². The molecule has 0 atom stereocenters. The van der Waals surface area contributed by atoms with Gasteiger partial charge in [0.2, 0.25) is 0 Å². The lowest BCUT2D eigenvalue weighted by molar-refractivity contribution is 0.0916. The highest BCUT2D eigenvalue weighted by Crippen LogP contribution is 2.26. The second kappa shape index (κ2) is 6.59. The maximum Gasteiger partial charge on any atom is 0.253 e. The number of benzene rings is 1. The average molecular weight is 342 g/mol. The van der Waals surface area contributed by atoms with Gasteiger partial charge in [-0.15, -0.1) is 12.4 Å². The summed E-state index contributed by atoms with van der Waals surface area (Å²) in [5, 5.41) is 3.23. The van der Waals surface area contributed by atoms with Gasteiger partial charge in [-0.2, -0.15) is 0 Å². The first kappa shape index (κ1) is 16.7. The molecule has 0 aliphatic heterocycles. The maximum absolute atomic E-state index is 11.9. The Labute approximate surface area is 121 Å². The molecule has 96 valence electrons. The third-order valence-electron chi connectivity index (χ3n) is 2.16. The maximum atomic E-state index is 11.9. The van der Waals surface area contributed by atoms with Crippen molar-refractivity contribution in [2.24, 2.45) is 5.73 Å². The quantitative estimate of drug-likeness (QED) is 0.887. The Hall–Kier alpha value is -0.290. The Morgan fingerprint density at radius 3 is 2.65 bits per heavy atom. The van der Waals surface area contributed by atoms with Crippen LogP contribution in [0.25, 0.3) is 0 Å². The van der Waals surface area contributed by atoms with Gasteiger partial charge in [-0.05, 0) is 41.9 Å². The number of hydrogen-bond donors (Lipinski definition) is 2. The zero-order valence-corrected chi connectivity index (χ0v) is 12.7. The summed E-state index contributed by atoms with van der Waals surface area (Å²) in [6, 6.07) is 5.22. The highest BCUT2D eigenvalue weighted by molar-refractivity contribution is 9.10. The highest BCUT2D eigenvalue weighted by Gasteiger charge is 2.21. The van der Waals surface area contributed by atoms with E-state index < -0.39 is 5.54 Å². The fraction of sp³-hybridized carbons (Fsp3) is 0.364. The summed E-state index contributed by atoms with van der Waals surface area (Å²) in [4.78, 5) is 11.9. The van der Waals surface area contributed by atoms with Gasteiger partial charge in [-0.1, -0.05) is 17.7 Å². The van der Waals surface area contributed by atoms with Crippen molar-refractivity contribution in [3.8, 4) is 0 Å². The van der Waals surface area contributed by atoms with Crippen LogP contribution in [0.2, 0.25) is 5.02 Å². The number of halogens is 3. The number of nitrogens with two attached hydrogens (primary N) is 1. The van der Waals surface area contributed by atoms with Crippen molar-refractivity contribution in [3.05, 3.63) is 33.3 Å². The summed E-state index contributed by atoms with van der Waals surface area (Å²) < 4.78 is 0.701. The van der Waals surface area contributed by atoms with Crippen LogP contribution in [0.15, 0.2) is 22.7 Å². The molecule has 0 heterocycles. The predicted octanol–water partition coefficient (Wildman–Crippen LogP) is 2.99.